The van der Waals surface area contributed by atoms with Crippen molar-refractivity contribution in [2.45, 2.75) is 13.3 Å². The van der Waals surface area contributed by atoms with Gasteiger partial charge in [0.25, 0.3) is 5.91 Å². The highest BCUT2D eigenvalue weighted by atomic mass is 32.1. The second-order valence-electron chi connectivity index (χ2n) is 4.18. The van der Waals surface area contributed by atoms with Crippen LogP contribution in [0.15, 0.2) is 18.2 Å². The maximum Gasteiger partial charge on any atom is 0.265 e. The molecule has 1 amide bonds. The van der Waals surface area contributed by atoms with Gasteiger partial charge in [-0.2, -0.15) is 0 Å². The van der Waals surface area contributed by atoms with E-state index in [2.05, 4.69) is 0 Å². The third kappa shape index (κ3) is 2.06. The Labute approximate surface area is 109 Å². The molecule has 1 aromatic carbocycles. The number of anilines is 1. The first kappa shape index (κ1) is 12.8. The zero-order valence-electron chi connectivity index (χ0n) is 10.4. The normalized spacial score (nSPS) is 10.8. The summed E-state index contributed by atoms with van der Waals surface area (Å²) in [5.41, 5.74) is 6.15. The van der Waals surface area contributed by atoms with Crippen LogP contribution in [0.3, 0.4) is 0 Å². The Morgan fingerprint density at radius 1 is 1.50 bits per heavy atom. The molecule has 0 radical (unpaired) electrons. The number of nitrogens with two attached hydrogens (primary N) is 1. The van der Waals surface area contributed by atoms with Gasteiger partial charge in [-0.3, -0.25) is 4.79 Å². The molecule has 2 rings (SSSR count). The highest BCUT2D eigenvalue weighted by molar-refractivity contribution is 7.21. The standard InChI is InChI=1S/C13H15FN2OS/c1-3-7-16(2)13(17)12-11(15)10-8(14)5-4-6-9(10)18-12/h4-6H,3,7,15H2,1-2H3. The molecule has 0 unspecified atom stereocenters. The van der Waals surface area contributed by atoms with Crippen LogP contribution in [0.4, 0.5) is 10.1 Å². The van der Waals surface area contributed by atoms with Gasteiger partial charge in [0, 0.05) is 18.3 Å². The van der Waals surface area contributed by atoms with Gasteiger partial charge in [0.2, 0.25) is 0 Å². The molecule has 0 aliphatic carbocycles. The maximum absolute atomic E-state index is 13.7. The summed E-state index contributed by atoms with van der Waals surface area (Å²) in [6, 6.07) is 4.75. The molecule has 5 heteroatoms. The van der Waals surface area contributed by atoms with Crippen LogP contribution in [0.5, 0.6) is 0 Å². The van der Waals surface area contributed by atoms with E-state index in [1.165, 1.54) is 17.4 Å². The van der Waals surface area contributed by atoms with Gasteiger partial charge in [0.05, 0.1) is 11.1 Å². The summed E-state index contributed by atoms with van der Waals surface area (Å²) < 4.78 is 14.4. The van der Waals surface area contributed by atoms with Crippen LogP contribution in [0.25, 0.3) is 10.1 Å². The average molecular weight is 266 g/mol. The number of carbonyl (C=O) groups excluding carboxylic acids is 1. The number of benzene rings is 1. The van der Waals surface area contributed by atoms with Crippen molar-refractivity contribution in [2.75, 3.05) is 19.3 Å². The Kier molecular flexibility index (Phi) is 3.52. The molecule has 2 aromatic rings. The van der Waals surface area contributed by atoms with Crippen molar-refractivity contribution < 1.29 is 9.18 Å². The first-order chi connectivity index (χ1) is 8.56. The topological polar surface area (TPSA) is 46.3 Å². The smallest absolute Gasteiger partial charge is 0.265 e. The van der Waals surface area contributed by atoms with Crippen LogP contribution in [0.2, 0.25) is 0 Å². The summed E-state index contributed by atoms with van der Waals surface area (Å²) in [5.74, 6) is -0.520. The quantitative estimate of drug-likeness (QED) is 0.927. The predicted octanol–water partition coefficient (Wildman–Crippen LogP) is 3.10. The summed E-state index contributed by atoms with van der Waals surface area (Å²) >= 11 is 1.24. The third-order valence-electron chi connectivity index (χ3n) is 2.80. The Hall–Kier alpha value is -1.62. The Morgan fingerprint density at radius 3 is 2.83 bits per heavy atom. The van der Waals surface area contributed by atoms with E-state index >= 15 is 0 Å². The Balaban J connectivity index is 2.49. The number of rotatable bonds is 3. The fraction of sp³-hybridized carbons (Fsp3) is 0.308. The predicted molar refractivity (Wildman–Crippen MR) is 73.4 cm³/mol. The van der Waals surface area contributed by atoms with Gasteiger partial charge < -0.3 is 10.6 Å². The van der Waals surface area contributed by atoms with E-state index in [0.717, 1.165) is 6.42 Å². The largest absolute Gasteiger partial charge is 0.397 e. The van der Waals surface area contributed by atoms with E-state index in [1.54, 1.807) is 24.1 Å². The van der Waals surface area contributed by atoms with Crippen molar-refractivity contribution >= 4 is 33.0 Å². The zero-order chi connectivity index (χ0) is 13.3. The lowest BCUT2D eigenvalue weighted by atomic mass is 10.2. The summed E-state index contributed by atoms with van der Waals surface area (Å²) in [4.78, 5) is 14.2. The van der Waals surface area contributed by atoms with Crippen molar-refractivity contribution in [1.82, 2.24) is 4.90 Å². The van der Waals surface area contributed by atoms with E-state index < -0.39 is 0 Å². The number of nitrogen functional groups attached to an aromatic ring is 1. The molecule has 18 heavy (non-hydrogen) atoms. The van der Waals surface area contributed by atoms with Gasteiger partial charge >= 0.3 is 0 Å². The fourth-order valence-corrected chi connectivity index (χ4v) is 3.03. The Morgan fingerprint density at radius 2 is 2.22 bits per heavy atom. The monoisotopic (exact) mass is 266 g/mol. The van der Waals surface area contributed by atoms with E-state index in [4.69, 9.17) is 5.73 Å². The lowest BCUT2D eigenvalue weighted by Crippen LogP contribution is -2.27. The molecule has 2 N–H and O–H groups in total. The second-order valence-corrected chi connectivity index (χ2v) is 5.24. The molecule has 1 aromatic heterocycles. The average Bonchev–Trinajstić information content (AvgIpc) is 2.67. The number of amides is 1. The number of hydrogen-bond donors (Lipinski definition) is 1. The van der Waals surface area contributed by atoms with E-state index in [-0.39, 0.29) is 17.4 Å². The minimum Gasteiger partial charge on any atom is -0.397 e. The minimum absolute atomic E-state index is 0.144. The van der Waals surface area contributed by atoms with Crippen LogP contribution < -0.4 is 5.73 Å². The van der Waals surface area contributed by atoms with Crippen molar-refractivity contribution in [3.05, 3.63) is 28.9 Å². The lowest BCUT2D eigenvalue weighted by molar-refractivity contribution is 0.0801. The number of carbonyl (C=O) groups is 1. The summed E-state index contributed by atoms with van der Waals surface area (Å²) in [5, 5.41) is 0.357. The zero-order valence-corrected chi connectivity index (χ0v) is 11.2. The van der Waals surface area contributed by atoms with Gasteiger partial charge in [0.1, 0.15) is 10.7 Å². The van der Waals surface area contributed by atoms with E-state index in [1.807, 2.05) is 6.92 Å². The summed E-state index contributed by atoms with van der Waals surface area (Å²) in [6.45, 7) is 2.66. The highest BCUT2D eigenvalue weighted by Gasteiger charge is 2.20. The van der Waals surface area contributed by atoms with Crippen molar-refractivity contribution in [3.63, 3.8) is 0 Å². The van der Waals surface area contributed by atoms with Crippen molar-refractivity contribution in [3.8, 4) is 0 Å². The van der Waals surface area contributed by atoms with Crippen LogP contribution in [-0.2, 0) is 0 Å². The molecule has 0 saturated carbocycles. The number of halogens is 1. The van der Waals surface area contributed by atoms with Crippen LogP contribution in [0.1, 0.15) is 23.0 Å². The van der Waals surface area contributed by atoms with E-state index in [0.29, 0.717) is 21.5 Å². The molecular formula is C13H15FN2OS. The van der Waals surface area contributed by atoms with Gasteiger partial charge in [0.15, 0.2) is 0 Å². The molecule has 0 aliphatic heterocycles. The van der Waals surface area contributed by atoms with Gasteiger partial charge in [-0.15, -0.1) is 11.3 Å². The fourth-order valence-electron chi connectivity index (χ4n) is 1.90. The molecule has 0 spiro atoms. The van der Waals surface area contributed by atoms with Crippen LogP contribution in [0, 0.1) is 5.82 Å². The molecular weight excluding hydrogens is 251 g/mol. The summed E-state index contributed by atoms with van der Waals surface area (Å²) in [7, 11) is 1.73. The van der Waals surface area contributed by atoms with Crippen molar-refractivity contribution in [1.29, 1.82) is 0 Å². The van der Waals surface area contributed by atoms with Crippen LogP contribution in [-0.4, -0.2) is 24.4 Å². The number of nitrogens with zero attached hydrogens (tertiary/aromatic N) is 1. The lowest BCUT2D eigenvalue weighted by Gasteiger charge is -2.15. The molecule has 0 aliphatic rings. The minimum atomic E-state index is -0.376. The molecule has 1 heterocycles. The summed E-state index contributed by atoms with van der Waals surface area (Å²) in [6.07, 6.45) is 0.876. The van der Waals surface area contributed by atoms with Crippen LogP contribution >= 0.6 is 11.3 Å². The number of fused-ring (bicyclic) bond motifs is 1. The number of hydrogen-bond acceptors (Lipinski definition) is 3. The molecule has 0 atom stereocenters. The molecule has 0 saturated heterocycles. The van der Waals surface area contributed by atoms with E-state index in [9.17, 15) is 9.18 Å². The second kappa shape index (κ2) is 4.94. The third-order valence-corrected chi connectivity index (χ3v) is 3.96. The first-order valence-electron chi connectivity index (χ1n) is 5.78. The van der Waals surface area contributed by atoms with Gasteiger partial charge in [-0.1, -0.05) is 13.0 Å². The molecule has 0 fully saturated rings. The first-order valence-corrected chi connectivity index (χ1v) is 6.59. The highest BCUT2D eigenvalue weighted by Crippen LogP contribution is 2.35. The number of thiophene rings is 1. The molecule has 3 nitrogen and oxygen atoms in total. The van der Waals surface area contributed by atoms with Gasteiger partial charge in [-0.05, 0) is 18.6 Å². The molecule has 0 bridgehead atoms. The van der Waals surface area contributed by atoms with Gasteiger partial charge in [-0.25, -0.2) is 4.39 Å². The Bertz CT molecular complexity index is 594. The molecule has 96 valence electrons. The van der Waals surface area contributed by atoms with Crippen molar-refractivity contribution in [2.24, 2.45) is 0 Å². The maximum atomic E-state index is 13.7. The SMILES string of the molecule is CCCN(C)C(=O)c1sc2cccc(F)c2c1N.